The predicted octanol–water partition coefficient (Wildman–Crippen LogP) is 3.83. The summed E-state index contributed by atoms with van der Waals surface area (Å²) in [4.78, 5) is 12.6. The zero-order valence-corrected chi connectivity index (χ0v) is 11.8. The lowest BCUT2D eigenvalue weighted by molar-refractivity contribution is 0.398. The monoisotopic (exact) mass is 302 g/mol. The van der Waals surface area contributed by atoms with Gasteiger partial charge < -0.3 is 14.6 Å². The van der Waals surface area contributed by atoms with Gasteiger partial charge in [0.2, 0.25) is 11.2 Å². The highest BCUT2D eigenvalue weighted by molar-refractivity contribution is 6.30. The van der Waals surface area contributed by atoms with E-state index >= 15 is 0 Å². The third kappa shape index (κ3) is 2.14. The Balaban J connectivity index is 2.38. The average Bonchev–Trinajstić information content (AvgIpc) is 2.45. The van der Waals surface area contributed by atoms with E-state index in [9.17, 15) is 15.0 Å². The molecule has 0 saturated carbocycles. The number of rotatable bonds is 1. The fraction of sp³-hybridized carbons (Fsp3) is 0.0625. The van der Waals surface area contributed by atoms with Gasteiger partial charge in [-0.15, -0.1) is 0 Å². The summed E-state index contributed by atoms with van der Waals surface area (Å²) < 4.78 is 5.53. The van der Waals surface area contributed by atoms with Gasteiger partial charge in [0.05, 0.1) is 10.9 Å². The van der Waals surface area contributed by atoms with Gasteiger partial charge in [-0.05, 0) is 36.8 Å². The number of aromatic hydroxyl groups is 2. The van der Waals surface area contributed by atoms with Crippen molar-refractivity contribution in [1.29, 1.82) is 0 Å². The summed E-state index contributed by atoms with van der Waals surface area (Å²) in [6.45, 7) is 1.63. The second-order valence-corrected chi connectivity index (χ2v) is 5.12. The van der Waals surface area contributed by atoms with E-state index in [1.165, 1.54) is 12.1 Å². The van der Waals surface area contributed by atoms with Crippen LogP contribution in [0.1, 0.15) is 5.76 Å². The molecule has 0 aliphatic heterocycles. The topological polar surface area (TPSA) is 70.7 Å². The molecule has 2 N–H and O–H groups in total. The van der Waals surface area contributed by atoms with Crippen LogP contribution in [0.4, 0.5) is 0 Å². The van der Waals surface area contributed by atoms with E-state index in [2.05, 4.69) is 0 Å². The van der Waals surface area contributed by atoms with Gasteiger partial charge >= 0.3 is 0 Å². The minimum atomic E-state index is -0.435. The van der Waals surface area contributed by atoms with Crippen LogP contribution in [0.5, 0.6) is 11.5 Å². The molecule has 0 atom stereocenters. The van der Waals surface area contributed by atoms with Gasteiger partial charge in [-0.25, -0.2) is 0 Å². The van der Waals surface area contributed by atoms with Crippen LogP contribution in [-0.2, 0) is 0 Å². The largest absolute Gasteiger partial charge is 0.504 e. The van der Waals surface area contributed by atoms with E-state index in [1.54, 1.807) is 31.2 Å². The number of fused-ring (bicyclic) bond motifs is 1. The molecule has 3 rings (SSSR count). The first-order valence-corrected chi connectivity index (χ1v) is 6.61. The molecule has 0 unspecified atom stereocenters. The van der Waals surface area contributed by atoms with Gasteiger partial charge in [-0.3, -0.25) is 4.79 Å². The van der Waals surface area contributed by atoms with Crippen molar-refractivity contribution in [2.24, 2.45) is 0 Å². The Morgan fingerprint density at radius 1 is 1.05 bits per heavy atom. The fourth-order valence-corrected chi connectivity index (χ4v) is 2.42. The predicted molar refractivity (Wildman–Crippen MR) is 81.0 cm³/mol. The van der Waals surface area contributed by atoms with Crippen LogP contribution in [0, 0.1) is 6.92 Å². The second kappa shape index (κ2) is 4.82. The molecule has 5 heteroatoms. The van der Waals surface area contributed by atoms with E-state index in [1.807, 2.05) is 0 Å². The van der Waals surface area contributed by atoms with Crippen molar-refractivity contribution < 1.29 is 14.6 Å². The molecule has 0 saturated heterocycles. The molecule has 4 nitrogen and oxygen atoms in total. The molecule has 0 radical (unpaired) electrons. The van der Waals surface area contributed by atoms with Crippen LogP contribution < -0.4 is 5.43 Å². The number of aryl methyl sites for hydroxylation is 1. The third-order valence-electron chi connectivity index (χ3n) is 3.32. The van der Waals surface area contributed by atoms with Crippen molar-refractivity contribution in [3.05, 3.63) is 57.4 Å². The SMILES string of the molecule is Cc1oc2c(O)c(O)ccc2c(=O)c1-c1ccc(Cl)cc1. The van der Waals surface area contributed by atoms with E-state index < -0.39 is 5.75 Å². The first-order chi connectivity index (χ1) is 9.99. The number of benzene rings is 2. The van der Waals surface area contributed by atoms with Gasteiger partial charge in [0.15, 0.2) is 11.3 Å². The zero-order chi connectivity index (χ0) is 15.1. The third-order valence-corrected chi connectivity index (χ3v) is 3.57. The molecule has 0 spiro atoms. The molecule has 0 aliphatic rings. The molecule has 3 aromatic rings. The number of phenols is 2. The van der Waals surface area contributed by atoms with Crippen molar-refractivity contribution in [2.45, 2.75) is 6.92 Å². The second-order valence-electron chi connectivity index (χ2n) is 4.68. The molecule has 0 aliphatic carbocycles. The summed E-state index contributed by atoms with van der Waals surface area (Å²) in [5.41, 5.74) is 0.797. The standard InChI is InChI=1S/C16H11ClO4/c1-8-13(9-2-4-10(17)5-3-9)14(19)11-6-7-12(18)15(20)16(11)21-8/h2-7,18,20H,1H3. The van der Waals surface area contributed by atoms with E-state index in [4.69, 9.17) is 16.0 Å². The van der Waals surface area contributed by atoms with Gasteiger partial charge in [0, 0.05) is 5.02 Å². The molecule has 106 valence electrons. The van der Waals surface area contributed by atoms with Crippen LogP contribution in [-0.4, -0.2) is 10.2 Å². The molecule has 0 amide bonds. The minimum absolute atomic E-state index is 0.0183. The number of hydrogen-bond acceptors (Lipinski definition) is 4. The van der Waals surface area contributed by atoms with E-state index in [-0.39, 0.29) is 22.1 Å². The van der Waals surface area contributed by atoms with Crippen molar-refractivity contribution in [3.8, 4) is 22.6 Å². The molecular formula is C16H11ClO4. The maximum atomic E-state index is 12.6. The van der Waals surface area contributed by atoms with Crippen LogP contribution in [0.3, 0.4) is 0 Å². The summed E-state index contributed by atoms with van der Waals surface area (Å²) in [6, 6.07) is 9.52. The average molecular weight is 303 g/mol. The van der Waals surface area contributed by atoms with Crippen LogP contribution in [0.25, 0.3) is 22.1 Å². The van der Waals surface area contributed by atoms with Crippen molar-refractivity contribution >= 4 is 22.6 Å². The van der Waals surface area contributed by atoms with Crippen LogP contribution >= 0.6 is 11.6 Å². The molecule has 0 fully saturated rings. The maximum absolute atomic E-state index is 12.6. The van der Waals surface area contributed by atoms with Crippen LogP contribution in [0.2, 0.25) is 5.02 Å². The van der Waals surface area contributed by atoms with Gasteiger partial charge in [-0.2, -0.15) is 0 Å². The van der Waals surface area contributed by atoms with E-state index in [0.717, 1.165) is 0 Å². The maximum Gasteiger partial charge on any atom is 0.201 e. The highest BCUT2D eigenvalue weighted by Gasteiger charge is 2.17. The highest BCUT2D eigenvalue weighted by atomic mass is 35.5. The van der Waals surface area contributed by atoms with E-state index in [0.29, 0.717) is 21.9 Å². The van der Waals surface area contributed by atoms with Gasteiger partial charge in [-0.1, -0.05) is 23.7 Å². The minimum Gasteiger partial charge on any atom is -0.504 e. The fourth-order valence-electron chi connectivity index (χ4n) is 2.29. The Morgan fingerprint density at radius 2 is 1.71 bits per heavy atom. The molecule has 21 heavy (non-hydrogen) atoms. The lowest BCUT2D eigenvalue weighted by Crippen LogP contribution is -2.07. The Morgan fingerprint density at radius 3 is 2.38 bits per heavy atom. The van der Waals surface area contributed by atoms with Gasteiger partial charge in [0.1, 0.15) is 5.76 Å². The number of hydrogen-bond donors (Lipinski definition) is 2. The molecule has 2 aromatic carbocycles. The molecular weight excluding hydrogens is 292 g/mol. The summed E-state index contributed by atoms with van der Waals surface area (Å²) >= 11 is 5.85. The number of halogens is 1. The van der Waals surface area contributed by atoms with Crippen molar-refractivity contribution in [3.63, 3.8) is 0 Å². The highest BCUT2D eigenvalue weighted by Crippen LogP contribution is 2.34. The lowest BCUT2D eigenvalue weighted by Gasteiger charge is -2.08. The van der Waals surface area contributed by atoms with Crippen molar-refractivity contribution in [2.75, 3.05) is 0 Å². The van der Waals surface area contributed by atoms with Crippen molar-refractivity contribution in [1.82, 2.24) is 0 Å². The Labute approximate surface area is 124 Å². The summed E-state index contributed by atoms with van der Waals surface area (Å²) in [5.74, 6) is -0.407. The quantitative estimate of drug-likeness (QED) is 0.670. The summed E-state index contributed by atoms with van der Waals surface area (Å²) in [5, 5.41) is 20.1. The Bertz CT molecular complexity index is 895. The summed E-state index contributed by atoms with van der Waals surface area (Å²) in [7, 11) is 0. The first kappa shape index (κ1) is 13.5. The normalized spacial score (nSPS) is 11.0. The molecule has 1 aromatic heterocycles. The zero-order valence-electron chi connectivity index (χ0n) is 11.1. The smallest absolute Gasteiger partial charge is 0.201 e. The summed E-state index contributed by atoms with van der Waals surface area (Å²) in [6.07, 6.45) is 0. The first-order valence-electron chi connectivity index (χ1n) is 6.23. The number of phenolic OH excluding ortho intramolecular Hbond substituents is 2. The van der Waals surface area contributed by atoms with Crippen LogP contribution in [0.15, 0.2) is 45.6 Å². The Hall–Kier alpha value is -2.46. The Kier molecular flexibility index (Phi) is 3.11. The van der Waals surface area contributed by atoms with Gasteiger partial charge in [0.25, 0.3) is 0 Å². The molecule has 0 bridgehead atoms. The molecule has 1 heterocycles. The lowest BCUT2D eigenvalue weighted by atomic mass is 10.0.